The summed E-state index contributed by atoms with van der Waals surface area (Å²) < 4.78 is 0. The number of aromatic hydroxyl groups is 1. The maximum absolute atomic E-state index is 9.88. The van der Waals surface area contributed by atoms with Gasteiger partial charge in [-0.3, -0.25) is 0 Å². The first-order valence-corrected chi connectivity index (χ1v) is 6.67. The number of aliphatic hydroxyl groups excluding tert-OH is 1. The molecular formula is C15H20O2. The van der Waals surface area contributed by atoms with E-state index in [0.717, 1.165) is 6.42 Å². The largest absolute Gasteiger partial charge is 0.508 e. The van der Waals surface area contributed by atoms with Gasteiger partial charge in [-0.2, -0.15) is 0 Å². The van der Waals surface area contributed by atoms with Crippen LogP contribution in [0.5, 0.6) is 5.75 Å². The summed E-state index contributed by atoms with van der Waals surface area (Å²) in [4.78, 5) is 0. The summed E-state index contributed by atoms with van der Waals surface area (Å²) in [6.45, 7) is 0. The van der Waals surface area contributed by atoms with E-state index in [4.69, 9.17) is 0 Å². The van der Waals surface area contributed by atoms with E-state index in [1.54, 1.807) is 12.1 Å². The van der Waals surface area contributed by atoms with Crippen LogP contribution in [-0.4, -0.2) is 16.3 Å². The van der Waals surface area contributed by atoms with Gasteiger partial charge in [0.15, 0.2) is 0 Å². The van der Waals surface area contributed by atoms with Crippen LogP contribution in [0.25, 0.3) is 0 Å². The molecule has 1 spiro atoms. The Labute approximate surface area is 102 Å². The van der Waals surface area contributed by atoms with Crippen LogP contribution in [0.2, 0.25) is 0 Å². The van der Waals surface area contributed by atoms with E-state index in [0.29, 0.717) is 11.7 Å². The van der Waals surface area contributed by atoms with Crippen LogP contribution in [0.1, 0.15) is 50.0 Å². The van der Waals surface area contributed by atoms with Gasteiger partial charge >= 0.3 is 0 Å². The molecule has 2 nitrogen and oxygen atoms in total. The number of phenols is 1. The minimum absolute atomic E-state index is 0.0386. The van der Waals surface area contributed by atoms with Crippen molar-refractivity contribution in [3.8, 4) is 5.75 Å². The fourth-order valence-electron chi connectivity index (χ4n) is 3.54. The summed E-state index contributed by atoms with van der Waals surface area (Å²) in [5, 5.41) is 19.2. The Morgan fingerprint density at radius 3 is 2.00 bits per heavy atom. The molecular weight excluding hydrogens is 212 g/mol. The Bertz CT molecular complexity index is 388. The molecule has 2 saturated carbocycles. The lowest BCUT2D eigenvalue weighted by atomic mass is 9.57. The van der Waals surface area contributed by atoms with Crippen LogP contribution in [0.15, 0.2) is 24.3 Å². The quantitative estimate of drug-likeness (QED) is 0.780. The van der Waals surface area contributed by atoms with Gasteiger partial charge < -0.3 is 10.2 Å². The molecule has 0 radical (unpaired) electrons. The topological polar surface area (TPSA) is 40.5 Å². The number of aliphatic hydroxyl groups is 1. The fraction of sp³-hybridized carbons (Fsp3) is 0.600. The molecule has 3 rings (SSSR count). The predicted molar refractivity (Wildman–Crippen MR) is 67.0 cm³/mol. The molecule has 2 fully saturated rings. The molecule has 0 aromatic heterocycles. The van der Waals surface area contributed by atoms with E-state index in [-0.39, 0.29) is 11.5 Å². The molecule has 0 amide bonds. The van der Waals surface area contributed by atoms with Gasteiger partial charge in [-0.05, 0) is 67.6 Å². The summed E-state index contributed by atoms with van der Waals surface area (Å²) >= 11 is 0. The van der Waals surface area contributed by atoms with Gasteiger partial charge in [0.05, 0.1) is 6.10 Å². The molecule has 2 N–H and O–H groups in total. The molecule has 92 valence electrons. The number of benzene rings is 1. The number of rotatable bonds is 1. The smallest absolute Gasteiger partial charge is 0.115 e. The van der Waals surface area contributed by atoms with Crippen LogP contribution in [0, 0.1) is 5.41 Å². The monoisotopic (exact) mass is 232 g/mol. The number of hydrogen-bond donors (Lipinski definition) is 2. The molecule has 0 aliphatic heterocycles. The predicted octanol–water partition coefficient (Wildman–Crippen LogP) is 3.19. The van der Waals surface area contributed by atoms with Gasteiger partial charge in [0.1, 0.15) is 5.75 Å². The molecule has 0 saturated heterocycles. The van der Waals surface area contributed by atoms with Crippen LogP contribution in [0.3, 0.4) is 0 Å². The molecule has 2 aliphatic rings. The van der Waals surface area contributed by atoms with Gasteiger partial charge in [-0.25, -0.2) is 0 Å². The third-order valence-corrected chi connectivity index (χ3v) is 4.97. The first-order valence-electron chi connectivity index (χ1n) is 6.67. The molecule has 1 aromatic rings. The average Bonchev–Trinajstić information content (AvgIpc) is 2.38. The zero-order valence-electron chi connectivity index (χ0n) is 10.1. The fourth-order valence-corrected chi connectivity index (χ4v) is 3.54. The number of hydrogen-bond acceptors (Lipinski definition) is 2. The van der Waals surface area contributed by atoms with Gasteiger partial charge in [-0.1, -0.05) is 12.1 Å². The Hall–Kier alpha value is -1.02. The highest BCUT2D eigenvalue weighted by Crippen LogP contribution is 2.54. The second-order valence-electron chi connectivity index (χ2n) is 5.78. The van der Waals surface area contributed by atoms with Crippen molar-refractivity contribution in [3.63, 3.8) is 0 Å². The Morgan fingerprint density at radius 1 is 0.941 bits per heavy atom. The zero-order valence-corrected chi connectivity index (χ0v) is 10.1. The molecule has 1 atom stereocenters. The van der Waals surface area contributed by atoms with E-state index < -0.39 is 0 Å². The molecule has 1 unspecified atom stereocenters. The zero-order chi connectivity index (χ0) is 11.9. The summed E-state index contributed by atoms with van der Waals surface area (Å²) in [6, 6.07) is 7.63. The average molecular weight is 232 g/mol. The van der Waals surface area contributed by atoms with E-state index in [2.05, 4.69) is 0 Å². The van der Waals surface area contributed by atoms with Gasteiger partial charge in [0.25, 0.3) is 0 Å². The third kappa shape index (κ3) is 1.85. The van der Waals surface area contributed by atoms with Gasteiger partial charge in [0, 0.05) is 0 Å². The maximum Gasteiger partial charge on any atom is 0.115 e. The molecule has 2 heteroatoms. The van der Waals surface area contributed by atoms with E-state index in [1.165, 1.54) is 37.7 Å². The van der Waals surface area contributed by atoms with Gasteiger partial charge in [-0.15, -0.1) is 0 Å². The van der Waals surface area contributed by atoms with Crippen molar-refractivity contribution in [1.29, 1.82) is 0 Å². The molecule has 0 heterocycles. The summed E-state index contributed by atoms with van der Waals surface area (Å²) in [5.41, 5.74) is 1.61. The van der Waals surface area contributed by atoms with Crippen molar-refractivity contribution >= 4 is 0 Å². The van der Waals surface area contributed by atoms with Crippen molar-refractivity contribution < 1.29 is 10.2 Å². The highest BCUT2D eigenvalue weighted by molar-refractivity contribution is 5.28. The molecule has 1 aromatic carbocycles. The summed E-state index contributed by atoms with van der Waals surface area (Å²) in [6.07, 6.45) is 6.88. The minimum atomic E-state index is -0.0386. The highest BCUT2D eigenvalue weighted by Gasteiger charge is 2.47. The van der Waals surface area contributed by atoms with Crippen LogP contribution >= 0.6 is 0 Å². The Balaban J connectivity index is 1.67. The molecule has 0 bridgehead atoms. The van der Waals surface area contributed by atoms with E-state index >= 15 is 0 Å². The number of phenolic OH excluding ortho intramolecular Hbond substituents is 1. The highest BCUT2D eigenvalue weighted by atomic mass is 16.3. The minimum Gasteiger partial charge on any atom is -0.508 e. The maximum atomic E-state index is 9.88. The second-order valence-corrected chi connectivity index (χ2v) is 5.78. The van der Waals surface area contributed by atoms with Crippen molar-refractivity contribution in [1.82, 2.24) is 0 Å². The lowest BCUT2D eigenvalue weighted by Gasteiger charge is -2.51. The summed E-state index contributed by atoms with van der Waals surface area (Å²) in [5.74, 6) is 0.962. The van der Waals surface area contributed by atoms with Crippen molar-refractivity contribution in [2.75, 3.05) is 0 Å². The van der Waals surface area contributed by atoms with Crippen molar-refractivity contribution in [2.45, 2.75) is 50.5 Å². The summed E-state index contributed by atoms with van der Waals surface area (Å²) in [7, 11) is 0. The Kier molecular flexibility index (Phi) is 2.62. The SMILES string of the molecule is Oc1ccc(C2CCC3(CC2)CCC3O)cc1. The van der Waals surface area contributed by atoms with E-state index in [9.17, 15) is 10.2 Å². The lowest BCUT2D eigenvalue weighted by Crippen LogP contribution is -2.46. The first kappa shape index (κ1) is 11.1. The molecule has 17 heavy (non-hydrogen) atoms. The van der Waals surface area contributed by atoms with Crippen molar-refractivity contribution in [2.24, 2.45) is 5.41 Å². The second kappa shape index (κ2) is 4.02. The standard InChI is InChI=1S/C15H20O2/c16-13-3-1-11(2-4-13)12-5-8-15(9-6-12)10-7-14(15)17/h1-4,12,14,16-17H,5-10H2. The van der Waals surface area contributed by atoms with Crippen LogP contribution < -0.4 is 0 Å². The normalized spacial score (nSPS) is 36.8. The lowest BCUT2D eigenvalue weighted by molar-refractivity contribution is -0.0896. The van der Waals surface area contributed by atoms with Crippen LogP contribution in [-0.2, 0) is 0 Å². The first-order chi connectivity index (χ1) is 8.20. The Morgan fingerprint density at radius 2 is 1.53 bits per heavy atom. The third-order valence-electron chi connectivity index (χ3n) is 4.97. The molecule has 2 aliphatic carbocycles. The van der Waals surface area contributed by atoms with Crippen LogP contribution in [0.4, 0.5) is 0 Å². The van der Waals surface area contributed by atoms with Gasteiger partial charge in [0.2, 0.25) is 0 Å². The van der Waals surface area contributed by atoms with Crippen molar-refractivity contribution in [3.05, 3.63) is 29.8 Å². The van der Waals surface area contributed by atoms with E-state index in [1.807, 2.05) is 12.1 Å².